The largest absolute Gasteiger partial charge is 0.435 e. The number of nitrogens with one attached hydrogen (secondary N) is 1. The molecule has 2 heterocycles. The molecule has 0 aliphatic rings. The van der Waals surface area contributed by atoms with Gasteiger partial charge in [0.05, 0.1) is 11.4 Å². The highest BCUT2D eigenvalue weighted by Crippen LogP contribution is 2.27. The standard InChI is InChI=1S/C18H16F3N3OS/c1-11-4-3-5-14(12(11)2)22-17(25)15-8-13(10-26-15)9-24-7-6-16(23-24)18(19,20)21/h3-8,10H,9H2,1-2H3,(H,22,25). The lowest BCUT2D eigenvalue weighted by atomic mass is 10.1. The number of anilines is 1. The van der Waals surface area contributed by atoms with Crippen molar-refractivity contribution in [1.29, 1.82) is 0 Å². The number of alkyl halides is 3. The van der Waals surface area contributed by atoms with Gasteiger partial charge in [-0.1, -0.05) is 12.1 Å². The zero-order valence-electron chi connectivity index (χ0n) is 14.1. The van der Waals surface area contributed by atoms with Crippen LogP contribution in [0, 0.1) is 13.8 Å². The number of benzene rings is 1. The molecule has 2 aromatic heterocycles. The van der Waals surface area contributed by atoms with Crippen molar-refractivity contribution in [3.05, 3.63) is 69.2 Å². The highest BCUT2D eigenvalue weighted by Gasteiger charge is 2.33. The van der Waals surface area contributed by atoms with Crippen molar-refractivity contribution in [2.75, 3.05) is 5.32 Å². The summed E-state index contributed by atoms with van der Waals surface area (Å²) in [6.45, 7) is 4.07. The first-order chi connectivity index (χ1) is 12.2. The Bertz CT molecular complexity index is 943. The van der Waals surface area contributed by atoms with Gasteiger partial charge < -0.3 is 5.32 Å². The average molecular weight is 379 g/mol. The number of carbonyl (C=O) groups excluding carboxylic acids is 1. The van der Waals surface area contributed by atoms with Crippen LogP contribution >= 0.6 is 11.3 Å². The number of halogens is 3. The molecule has 0 atom stereocenters. The van der Waals surface area contributed by atoms with Crippen molar-refractivity contribution < 1.29 is 18.0 Å². The fourth-order valence-corrected chi connectivity index (χ4v) is 3.23. The summed E-state index contributed by atoms with van der Waals surface area (Å²) >= 11 is 1.24. The van der Waals surface area contributed by atoms with Crippen LogP contribution in [0.1, 0.15) is 32.1 Å². The molecule has 0 bridgehead atoms. The van der Waals surface area contributed by atoms with Gasteiger partial charge >= 0.3 is 6.18 Å². The van der Waals surface area contributed by atoms with Crippen LogP contribution in [-0.4, -0.2) is 15.7 Å². The normalized spacial score (nSPS) is 11.6. The topological polar surface area (TPSA) is 46.9 Å². The van der Waals surface area contributed by atoms with Gasteiger partial charge in [-0.2, -0.15) is 18.3 Å². The van der Waals surface area contributed by atoms with Crippen molar-refractivity contribution in [2.45, 2.75) is 26.6 Å². The molecule has 0 saturated heterocycles. The lowest BCUT2D eigenvalue weighted by Crippen LogP contribution is -2.11. The molecule has 0 fully saturated rings. The lowest BCUT2D eigenvalue weighted by molar-refractivity contribution is -0.141. The molecule has 8 heteroatoms. The Hall–Kier alpha value is -2.61. The number of hydrogen-bond donors (Lipinski definition) is 1. The minimum atomic E-state index is -4.46. The highest BCUT2D eigenvalue weighted by molar-refractivity contribution is 7.12. The van der Waals surface area contributed by atoms with Crippen LogP contribution in [0.2, 0.25) is 0 Å². The second kappa shape index (κ2) is 6.95. The summed E-state index contributed by atoms with van der Waals surface area (Å²) in [5.41, 5.74) is 2.60. The molecule has 1 aromatic carbocycles. The van der Waals surface area contributed by atoms with Gasteiger partial charge in [-0.3, -0.25) is 9.48 Å². The molecule has 0 aliphatic heterocycles. The first kappa shape index (κ1) is 18.2. The first-order valence-electron chi connectivity index (χ1n) is 7.79. The summed E-state index contributed by atoms with van der Waals surface area (Å²) < 4.78 is 39.0. The van der Waals surface area contributed by atoms with Crippen LogP contribution in [-0.2, 0) is 12.7 Å². The SMILES string of the molecule is Cc1cccc(NC(=O)c2cc(Cn3ccc(C(F)(F)F)n3)cs2)c1C. The molecule has 1 N–H and O–H groups in total. The number of amides is 1. The maximum absolute atomic E-state index is 12.6. The van der Waals surface area contributed by atoms with E-state index in [-0.39, 0.29) is 12.5 Å². The van der Waals surface area contributed by atoms with Crippen molar-refractivity contribution in [1.82, 2.24) is 9.78 Å². The van der Waals surface area contributed by atoms with E-state index in [0.29, 0.717) is 4.88 Å². The predicted molar refractivity (Wildman–Crippen MR) is 94.5 cm³/mol. The summed E-state index contributed by atoms with van der Waals surface area (Å²) in [5, 5.41) is 8.13. The smallest absolute Gasteiger partial charge is 0.321 e. The monoisotopic (exact) mass is 379 g/mol. The number of nitrogens with zero attached hydrogens (tertiary/aromatic N) is 2. The number of rotatable bonds is 4. The number of aromatic nitrogens is 2. The Morgan fingerprint density at radius 3 is 2.73 bits per heavy atom. The van der Waals surface area contributed by atoms with Gasteiger partial charge in [-0.15, -0.1) is 11.3 Å². The van der Waals surface area contributed by atoms with E-state index in [0.717, 1.165) is 28.4 Å². The summed E-state index contributed by atoms with van der Waals surface area (Å²) in [6, 6.07) is 8.26. The zero-order chi connectivity index (χ0) is 18.9. The van der Waals surface area contributed by atoms with Crippen molar-refractivity contribution in [3.8, 4) is 0 Å². The van der Waals surface area contributed by atoms with E-state index in [2.05, 4.69) is 10.4 Å². The average Bonchev–Trinajstić information content (AvgIpc) is 3.21. The van der Waals surface area contributed by atoms with E-state index in [9.17, 15) is 18.0 Å². The number of carbonyl (C=O) groups is 1. The molecule has 3 rings (SSSR count). The van der Waals surface area contributed by atoms with Gasteiger partial charge in [0, 0.05) is 11.9 Å². The molecule has 0 aliphatic carbocycles. The van der Waals surface area contributed by atoms with Crippen LogP contribution in [0.15, 0.2) is 41.9 Å². The quantitative estimate of drug-likeness (QED) is 0.702. The van der Waals surface area contributed by atoms with Crippen molar-refractivity contribution >= 4 is 22.9 Å². The highest BCUT2D eigenvalue weighted by atomic mass is 32.1. The van der Waals surface area contributed by atoms with E-state index >= 15 is 0 Å². The van der Waals surface area contributed by atoms with Gasteiger partial charge in [-0.05, 0) is 54.1 Å². The van der Waals surface area contributed by atoms with E-state index in [1.165, 1.54) is 22.2 Å². The van der Waals surface area contributed by atoms with Gasteiger partial charge in [0.2, 0.25) is 0 Å². The van der Waals surface area contributed by atoms with Gasteiger partial charge in [0.25, 0.3) is 5.91 Å². The lowest BCUT2D eigenvalue weighted by Gasteiger charge is -2.09. The summed E-state index contributed by atoms with van der Waals surface area (Å²) in [6.07, 6.45) is -3.19. The Balaban J connectivity index is 1.70. The number of thiophene rings is 1. The third-order valence-electron chi connectivity index (χ3n) is 4.01. The van der Waals surface area contributed by atoms with Crippen LogP contribution < -0.4 is 5.32 Å². The molecular weight excluding hydrogens is 363 g/mol. The van der Waals surface area contributed by atoms with Gasteiger partial charge in [0.1, 0.15) is 0 Å². The molecule has 1 amide bonds. The van der Waals surface area contributed by atoms with E-state index < -0.39 is 11.9 Å². The molecule has 0 saturated carbocycles. The summed E-state index contributed by atoms with van der Waals surface area (Å²) in [5.74, 6) is -0.244. The molecule has 26 heavy (non-hydrogen) atoms. The summed E-state index contributed by atoms with van der Waals surface area (Å²) in [7, 11) is 0. The van der Waals surface area contributed by atoms with Gasteiger partial charge in [0.15, 0.2) is 5.69 Å². The molecular formula is C18H16F3N3OS. The van der Waals surface area contributed by atoms with Crippen LogP contribution in [0.5, 0.6) is 0 Å². The Morgan fingerprint density at radius 2 is 2.04 bits per heavy atom. The first-order valence-corrected chi connectivity index (χ1v) is 8.67. The second-order valence-corrected chi connectivity index (χ2v) is 6.83. The Morgan fingerprint density at radius 1 is 1.27 bits per heavy atom. The molecule has 0 radical (unpaired) electrons. The summed E-state index contributed by atoms with van der Waals surface area (Å²) in [4.78, 5) is 12.9. The number of hydrogen-bond acceptors (Lipinski definition) is 3. The van der Waals surface area contributed by atoms with E-state index in [1.54, 1.807) is 11.4 Å². The minimum Gasteiger partial charge on any atom is -0.321 e. The molecule has 0 spiro atoms. The molecule has 0 unspecified atom stereocenters. The Kier molecular flexibility index (Phi) is 4.86. The van der Waals surface area contributed by atoms with Crippen LogP contribution in [0.3, 0.4) is 0 Å². The van der Waals surface area contributed by atoms with Crippen LogP contribution in [0.4, 0.5) is 18.9 Å². The fraction of sp³-hybridized carbons (Fsp3) is 0.222. The predicted octanol–water partition coefficient (Wildman–Crippen LogP) is 4.88. The fourth-order valence-electron chi connectivity index (χ4n) is 2.44. The van der Waals surface area contributed by atoms with Crippen LogP contribution in [0.25, 0.3) is 0 Å². The second-order valence-electron chi connectivity index (χ2n) is 5.92. The maximum Gasteiger partial charge on any atom is 0.435 e. The van der Waals surface area contributed by atoms with Gasteiger partial charge in [-0.25, -0.2) is 0 Å². The molecule has 136 valence electrons. The van der Waals surface area contributed by atoms with Crippen molar-refractivity contribution in [3.63, 3.8) is 0 Å². The molecule has 4 nitrogen and oxygen atoms in total. The maximum atomic E-state index is 12.6. The zero-order valence-corrected chi connectivity index (χ0v) is 14.9. The Labute approximate surface area is 152 Å². The third-order valence-corrected chi connectivity index (χ3v) is 4.98. The minimum absolute atomic E-state index is 0.170. The third kappa shape index (κ3) is 3.96. The van der Waals surface area contributed by atoms with E-state index in [4.69, 9.17) is 0 Å². The molecule has 3 aromatic rings. The van der Waals surface area contributed by atoms with E-state index in [1.807, 2.05) is 32.0 Å². The number of aryl methyl sites for hydroxylation is 1. The van der Waals surface area contributed by atoms with Crippen molar-refractivity contribution in [2.24, 2.45) is 0 Å².